The van der Waals surface area contributed by atoms with Gasteiger partial charge in [-0.25, -0.2) is 0 Å². The van der Waals surface area contributed by atoms with Crippen molar-refractivity contribution in [3.8, 4) is 0 Å². The van der Waals surface area contributed by atoms with Gasteiger partial charge in [0.15, 0.2) is 0 Å². The highest BCUT2D eigenvalue weighted by atomic mass is 79.9. The van der Waals surface area contributed by atoms with Crippen molar-refractivity contribution >= 4 is 43.5 Å². The third-order valence-electron chi connectivity index (χ3n) is 2.04. The number of carbonyl (C=O) groups is 1. The number of likely N-dealkylation sites (N-methyl/N-ethyl adjacent to an activating group) is 1. The molecule has 0 spiro atoms. The summed E-state index contributed by atoms with van der Waals surface area (Å²) in [6.45, 7) is 4.38. The van der Waals surface area contributed by atoms with Gasteiger partial charge in [-0.3, -0.25) is 4.79 Å². The summed E-state index contributed by atoms with van der Waals surface area (Å²) in [5.41, 5.74) is 0.896. The highest BCUT2D eigenvalue weighted by Crippen LogP contribution is 2.26. The van der Waals surface area contributed by atoms with Gasteiger partial charge in [-0.15, -0.1) is 0 Å². The number of halogens is 2. The van der Waals surface area contributed by atoms with Crippen LogP contribution in [0.3, 0.4) is 0 Å². The van der Waals surface area contributed by atoms with E-state index in [-0.39, 0.29) is 11.9 Å². The first-order valence-electron chi connectivity index (χ1n) is 5.04. The zero-order chi connectivity index (χ0) is 12.1. The average Bonchev–Trinajstić information content (AvgIpc) is 2.23. The molecule has 1 aromatic carbocycles. The molecule has 1 unspecified atom stereocenters. The van der Waals surface area contributed by atoms with Gasteiger partial charge in [0.1, 0.15) is 6.04 Å². The van der Waals surface area contributed by atoms with Crippen LogP contribution in [0.5, 0.6) is 0 Å². The van der Waals surface area contributed by atoms with Crippen molar-refractivity contribution in [1.82, 2.24) is 5.32 Å². The third-order valence-corrected chi connectivity index (χ3v) is 3.23. The maximum atomic E-state index is 11.5. The molecule has 0 aliphatic carbocycles. The van der Waals surface area contributed by atoms with E-state index < -0.39 is 0 Å². The molecule has 0 aromatic heterocycles. The topological polar surface area (TPSA) is 41.1 Å². The van der Waals surface area contributed by atoms with Gasteiger partial charge in [0.25, 0.3) is 0 Å². The second kappa shape index (κ2) is 6.25. The molecule has 0 heterocycles. The second-order valence-corrected chi connectivity index (χ2v) is 5.15. The standard InChI is InChI=1S/C11H14Br2N2O/c1-3-14-11(16)7(2)15-10-6-8(12)4-5-9(10)13/h4-7,15H,3H2,1-2H3,(H,14,16). The molecule has 0 aliphatic heterocycles. The Labute approximate surface area is 112 Å². The molecule has 16 heavy (non-hydrogen) atoms. The van der Waals surface area contributed by atoms with Crippen LogP contribution in [0.15, 0.2) is 27.1 Å². The first-order chi connectivity index (χ1) is 7.54. The summed E-state index contributed by atoms with van der Waals surface area (Å²) >= 11 is 6.82. The molecule has 1 atom stereocenters. The molecule has 2 N–H and O–H groups in total. The zero-order valence-corrected chi connectivity index (χ0v) is 12.4. The minimum atomic E-state index is -0.259. The quantitative estimate of drug-likeness (QED) is 0.876. The van der Waals surface area contributed by atoms with E-state index in [0.29, 0.717) is 6.54 Å². The maximum Gasteiger partial charge on any atom is 0.242 e. The number of hydrogen-bond donors (Lipinski definition) is 2. The van der Waals surface area contributed by atoms with Crippen LogP contribution in [0.2, 0.25) is 0 Å². The lowest BCUT2D eigenvalue weighted by Gasteiger charge is -2.16. The Morgan fingerprint density at radius 3 is 2.75 bits per heavy atom. The first kappa shape index (κ1) is 13.5. The van der Waals surface area contributed by atoms with Crippen molar-refractivity contribution in [2.75, 3.05) is 11.9 Å². The summed E-state index contributed by atoms with van der Waals surface area (Å²) in [6.07, 6.45) is 0. The van der Waals surface area contributed by atoms with Gasteiger partial charge in [0.05, 0.1) is 5.69 Å². The smallest absolute Gasteiger partial charge is 0.242 e. The van der Waals surface area contributed by atoms with E-state index in [1.54, 1.807) is 0 Å². The SMILES string of the molecule is CCNC(=O)C(C)Nc1cc(Br)ccc1Br. The van der Waals surface area contributed by atoms with Crippen LogP contribution in [-0.2, 0) is 4.79 Å². The van der Waals surface area contributed by atoms with Crippen LogP contribution in [0, 0.1) is 0 Å². The number of nitrogens with one attached hydrogen (secondary N) is 2. The molecule has 1 aromatic rings. The average molecular weight is 350 g/mol. The van der Waals surface area contributed by atoms with Crippen molar-refractivity contribution in [1.29, 1.82) is 0 Å². The fraction of sp³-hybridized carbons (Fsp3) is 0.364. The van der Waals surface area contributed by atoms with Crippen LogP contribution in [0.4, 0.5) is 5.69 Å². The summed E-state index contributed by atoms with van der Waals surface area (Å²) in [5, 5.41) is 5.92. The van der Waals surface area contributed by atoms with Crippen molar-refractivity contribution in [2.45, 2.75) is 19.9 Å². The van der Waals surface area contributed by atoms with Crippen LogP contribution >= 0.6 is 31.9 Å². The Hall–Kier alpha value is -0.550. The highest BCUT2D eigenvalue weighted by Gasteiger charge is 2.12. The van der Waals surface area contributed by atoms with Gasteiger partial charge < -0.3 is 10.6 Å². The summed E-state index contributed by atoms with van der Waals surface area (Å²) < 4.78 is 1.91. The lowest BCUT2D eigenvalue weighted by molar-refractivity contribution is -0.121. The molecule has 0 fully saturated rings. The number of benzene rings is 1. The van der Waals surface area contributed by atoms with Gasteiger partial charge in [-0.1, -0.05) is 15.9 Å². The van der Waals surface area contributed by atoms with E-state index in [4.69, 9.17) is 0 Å². The Morgan fingerprint density at radius 2 is 2.12 bits per heavy atom. The lowest BCUT2D eigenvalue weighted by Crippen LogP contribution is -2.37. The number of hydrogen-bond acceptors (Lipinski definition) is 2. The fourth-order valence-electron chi connectivity index (χ4n) is 1.23. The van der Waals surface area contributed by atoms with Crippen LogP contribution in [-0.4, -0.2) is 18.5 Å². The number of amides is 1. The molecule has 1 rings (SSSR count). The molecular formula is C11H14Br2N2O. The van der Waals surface area contributed by atoms with Crippen molar-refractivity contribution in [2.24, 2.45) is 0 Å². The van der Waals surface area contributed by atoms with Crippen LogP contribution in [0.1, 0.15) is 13.8 Å². The van der Waals surface area contributed by atoms with Crippen molar-refractivity contribution < 1.29 is 4.79 Å². The molecule has 0 aliphatic rings. The predicted octanol–water partition coefficient (Wildman–Crippen LogP) is 3.15. The largest absolute Gasteiger partial charge is 0.373 e. The lowest BCUT2D eigenvalue weighted by atomic mass is 10.2. The first-order valence-corrected chi connectivity index (χ1v) is 6.62. The minimum Gasteiger partial charge on any atom is -0.373 e. The van der Waals surface area contributed by atoms with Gasteiger partial charge in [0, 0.05) is 15.5 Å². The Bertz CT molecular complexity index is 382. The van der Waals surface area contributed by atoms with E-state index in [9.17, 15) is 4.79 Å². The highest BCUT2D eigenvalue weighted by molar-refractivity contribution is 9.11. The van der Waals surface area contributed by atoms with Crippen molar-refractivity contribution in [3.05, 3.63) is 27.1 Å². The molecule has 0 saturated heterocycles. The van der Waals surface area contributed by atoms with Gasteiger partial charge in [0.2, 0.25) is 5.91 Å². The molecule has 3 nitrogen and oxygen atoms in total. The van der Waals surface area contributed by atoms with E-state index >= 15 is 0 Å². The van der Waals surface area contributed by atoms with Gasteiger partial charge >= 0.3 is 0 Å². The molecule has 88 valence electrons. The maximum absolute atomic E-state index is 11.5. The number of carbonyl (C=O) groups excluding carboxylic acids is 1. The van der Waals surface area contributed by atoms with E-state index in [2.05, 4.69) is 42.5 Å². The molecule has 1 amide bonds. The third kappa shape index (κ3) is 3.79. The van der Waals surface area contributed by atoms with Crippen molar-refractivity contribution in [3.63, 3.8) is 0 Å². The van der Waals surface area contributed by atoms with E-state index in [1.807, 2.05) is 32.0 Å². The Balaban J connectivity index is 2.72. The summed E-state index contributed by atoms with van der Waals surface area (Å²) in [7, 11) is 0. The normalized spacial score (nSPS) is 12.0. The Morgan fingerprint density at radius 1 is 1.44 bits per heavy atom. The van der Waals surface area contributed by atoms with Gasteiger partial charge in [-0.05, 0) is 48.0 Å². The molecule has 0 radical (unpaired) electrons. The zero-order valence-electron chi connectivity index (χ0n) is 9.18. The molecule has 5 heteroatoms. The second-order valence-electron chi connectivity index (χ2n) is 3.38. The fourth-order valence-corrected chi connectivity index (χ4v) is 1.96. The number of rotatable bonds is 4. The van der Waals surface area contributed by atoms with E-state index in [0.717, 1.165) is 14.6 Å². The summed E-state index contributed by atoms with van der Waals surface area (Å²) in [6, 6.07) is 5.54. The molecular weight excluding hydrogens is 336 g/mol. The predicted molar refractivity (Wildman–Crippen MR) is 73.6 cm³/mol. The van der Waals surface area contributed by atoms with Crippen LogP contribution < -0.4 is 10.6 Å². The van der Waals surface area contributed by atoms with E-state index in [1.165, 1.54) is 0 Å². The van der Waals surface area contributed by atoms with Crippen LogP contribution in [0.25, 0.3) is 0 Å². The molecule has 0 saturated carbocycles. The monoisotopic (exact) mass is 348 g/mol. The summed E-state index contributed by atoms with van der Waals surface area (Å²) in [4.78, 5) is 11.5. The summed E-state index contributed by atoms with van der Waals surface area (Å²) in [5.74, 6) is -0.00521. The van der Waals surface area contributed by atoms with Gasteiger partial charge in [-0.2, -0.15) is 0 Å². The molecule has 0 bridgehead atoms. The minimum absolute atomic E-state index is 0.00521. The number of anilines is 1. The Kier molecular flexibility index (Phi) is 5.28.